The third-order valence-corrected chi connectivity index (χ3v) is 4.10. The Morgan fingerprint density at radius 3 is 1.88 bits per heavy atom. The minimum Gasteiger partial charge on any atom is -0.224 e. The summed E-state index contributed by atoms with van der Waals surface area (Å²) < 4.78 is 0. The van der Waals surface area contributed by atoms with Gasteiger partial charge in [0, 0.05) is 21.7 Å². The van der Waals surface area contributed by atoms with Crippen molar-refractivity contribution in [1.82, 2.24) is 15.2 Å². The van der Waals surface area contributed by atoms with Crippen LogP contribution >= 0.6 is 11.6 Å². The minimum absolute atomic E-state index is 0.593. The molecule has 0 N–H and O–H groups in total. The van der Waals surface area contributed by atoms with Crippen LogP contribution in [-0.2, 0) is 0 Å². The molecule has 4 aromatic rings. The zero-order valence-corrected chi connectivity index (χ0v) is 14.1. The fourth-order valence-electron chi connectivity index (χ4n) is 2.66. The van der Waals surface area contributed by atoms with Crippen molar-refractivity contribution in [2.45, 2.75) is 0 Å². The zero-order valence-electron chi connectivity index (χ0n) is 13.3. The smallest absolute Gasteiger partial charge is 0.182 e. The Kier molecular flexibility index (Phi) is 4.23. The molecule has 0 aliphatic heterocycles. The van der Waals surface area contributed by atoms with Gasteiger partial charge in [-0.3, -0.25) is 0 Å². The molecule has 0 unspecified atom stereocenters. The quantitative estimate of drug-likeness (QED) is 0.491. The van der Waals surface area contributed by atoms with Gasteiger partial charge in [0.1, 0.15) is 11.4 Å². The molecule has 0 aliphatic carbocycles. The summed E-state index contributed by atoms with van der Waals surface area (Å²) in [5.41, 5.74) is 4.32. The van der Waals surface area contributed by atoms with Crippen LogP contribution in [0.2, 0.25) is 5.02 Å². The van der Waals surface area contributed by atoms with Crippen LogP contribution < -0.4 is 0 Å². The lowest BCUT2D eigenvalue weighted by Gasteiger charge is -2.10. The molecular formula is C21H14ClN3. The normalized spacial score (nSPS) is 10.6. The number of rotatable bonds is 3. The molecule has 0 fully saturated rings. The van der Waals surface area contributed by atoms with Gasteiger partial charge in [-0.1, -0.05) is 84.4 Å². The summed E-state index contributed by atoms with van der Waals surface area (Å²) in [6.45, 7) is 0. The second-order valence-electron chi connectivity index (χ2n) is 5.58. The lowest BCUT2D eigenvalue weighted by atomic mass is 10.0. The molecule has 0 saturated heterocycles. The van der Waals surface area contributed by atoms with Gasteiger partial charge in [0.2, 0.25) is 0 Å². The molecule has 120 valence electrons. The van der Waals surface area contributed by atoms with Gasteiger partial charge in [-0.2, -0.15) is 0 Å². The highest BCUT2D eigenvalue weighted by Gasteiger charge is 2.14. The topological polar surface area (TPSA) is 38.7 Å². The van der Waals surface area contributed by atoms with Crippen LogP contribution in [0.1, 0.15) is 0 Å². The molecule has 0 bridgehead atoms. The van der Waals surface area contributed by atoms with E-state index in [-0.39, 0.29) is 0 Å². The first kappa shape index (κ1) is 15.5. The third-order valence-electron chi connectivity index (χ3n) is 3.86. The maximum absolute atomic E-state index is 6.19. The van der Waals surface area contributed by atoms with Crippen LogP contribution in [0.25, 0.3) is 33.9 Å². The summed E-state index contributed by atoms with van der Waals surface area (Å²) >= 11 is 6.19. The molecule has 4 heteroatoms. The molecule has 0 amide bonds. The molecule has 4 rings (SSSR count). The molecule has 25 heavy (non-hydrogen) atoms. The summed E-state index contributed by atoms with van der Waals surface area (Å²) in [4.78, 5) is 4.80. The summed E-state index contributed by atoms with van der Waals surface area (Å²) in [5.74, 6) is 0.593. The molecule has 3 aromatic carbocycles. The molecular weight excluding hydrogens is 330 g/mol. The summed E-state index contributed by atoms with van der Waals surface area (Å²) in [6.07, 6.45) is 0. The SMILES string of the molecule is Clc1cccc(-c2nc(-c3ccccc3)nnc2-c2ccccc2)c1. The molecule has 3 nitrogen and oxygen atoms in total. The van der Waals surface area contributed by atoms with Crippen molar-refractivity contribution < 1.29 is 0 Å². The Morgan fingerprint density at radius 2 is 1.20 bits per heavy atom. The van der Waals surface area contributed by atoms with E-state index in [1.165, 1.54) is 0 Å². The molecule has 1 aromatic heterocycles. The summed E-state index contributed by atoms with van der Waals surface area (Å²) in [6, 6.07) is 27.4. The van der Waals surface area contributed by atoms with Crippen LogP contribution in [0.4, 0.5) is 0 Å². The van der Waals surface area contributed by atoms with Crippen molar-refractivity contribution in [2.24, 2.45) is 0 Å². The van der Waals surface area contributed by atoms with E-state index in [0.29, 0.717) is 10.8 Å². The van der Waals surface area contributed by atoms with E-state index in [2.05, 4.69) is 10.2 Å². The first-order chi connectivity index (χ1) is 12.3. The first-order valence-corrected chi connectivity index (χ1v) is 8.30. The second-order valence-corrected chi connectivity index (χ2v) is 6.01. The van der Waals surface area contributed by atoms with Crippen molar-refractivity contribution in [1.29, 1.82) is 0 Å². The molecule has 1 heterocycles. The molecule has 0 atom stereocenters. The highest BCUT2D eigenvalue weighted by molar-refractivity contribution is 6.30. The molecule has 0 radical (unpaired) electrons. The number of nitrogens with zero attached hydrogens (tertiary/aromatic N) is 3. The number of benzene rings is 3. The highest BCUT2D eigenvalue weighted by Crippen LogP contribution is 2.31. The second kappa shape index (κ2) is 6.83. The van der Waals surface area contributed by atoms with Gasteiger partial charge >= 0.3 is 0 Å². The molecule has 0 saturated carbocycles. The van der Waals surface area contributed by atoms with E-state index >= 15 is 0 Å². The van der Waals surface area contributed by atoms with Gasteiger partial charge < -0.3 is 0 Å². The Morgan fingerprint density at radius 1 is 0.560 bits per heavy atom. The average molecular weight is 344 g/mol. The van der Waals surface area contributed by atoms with Crippen LogP contribution in [0, 0.1) is 0 Å². The predicted molar refractivity (Wildman–Crippen MR) is 101 cm³/mol. The lowest BCUT2D eigenvalue weighted by Crippen LogP contribution is -2.00. The van der Waals surface area contributed by atoms with E-state index < -0.39 is 0 Å². The predicted octanol–water partition coefficient (Wildman–Crippen LogP) is 5.53. The Labute approximate surface area is 151 Å². The summed E-state index contributed by atoms with van der Waals surface area (Å²) in [5, 5.41) is 9.48. The van der Waals surface area contributed by atoms with Gasteiger partial charge in [-0.15, -0.1) is 10.2 Å². The van der Waals surface area contributed by atoms with Crippen LogP contribution in [-0.4, -0.2) is 15.2 Å². The molecule has 0 aliphatic rings. The van der Waals surface area contributed by atoms with E-state index in [4.69, 9.17) is 16.6 Å². The standard InChI is InChI=1S/C21H14ClN3/c22-18-13-7-12-17(14-18)19-20(15-8-3-1-4-9-15)24-25-21(23-19)16-10-5-2-6-11-16/h1-14H. The van der Waals surface area contributed by atoms with Crippen LogP contribution in [0.3, 0.4) is 0 Å². The van der Waals surface area contributed by atoms with Crippen molar-refractivity contribution in [3.63, 3.8) is 0 Å². The van der Waals surface area contributed by atoms with Crippen LogP contribution in [0.15, 0.2) is 84.9 Å². The maximum atomic E-state index is 6.19. The highest BCUT2D eigenvalue weighted by atomic mass is 35.5. The first-order valence-electron chi connectivity index (χ1n) is 7.93. The number of aromatic nitrogens is 3. The fraction of sp³-hybridized carbons (Fsp3) is 0. The lowest BCUT2D eigenvalue weighted by molar-refractivity contribution is 0.991. The van der Waals surface area contributed by atoms with Gasteiger partial charge in [0.25, 0.3) is 0 Å². The fourth-order valence-corrected chi connectivity index (χ4v) is 2.85. The maximum Gasteiger partial charge on any atom is 0.182 e. The van der Waals surface area contributed by atoms with Crippen molar-refractivity contribution in [3.05, 3.63) is 90.0 Å². The van der Waals surface area contributed by atoms with Crippen molar-refractivity contribution >= 4 is 11.6 Å². The third kappa shape index (κ3) is 3.28. The van der Waals surface area contributed by atoms with Gasteiger partial charge in [0.05, 0.1) is 0 Å². The van der Waals surface area contributed by atoms with Gasteiger partial charge in [-0.05, 0) is 12.1 Å². The van der Waals surface area contributed by atoms with Crippen molar-refractivity contribution in [2.75, 3.05) is 0 Å². The van der Waals surface area contributed by atoms with Crippen LogP contribution in [0.5, 0.6) is 0 Å². The van der Waals surface area contributed by atoms with E-state index in [0.717, 1.165) is 28.1 Å². The number of hydrogen-bond donors (Lipinski definition) is 0. The average Bonchev–Trinajstić information content (AvgIpc) is 2.69. The Balaban J connectivity index is 1.93. The van der Waals surface area contributed by atoms with E-state index in [9.17, 15) is 0 Å². The van der Waals surface area contributed by atoms with E-state index in [1.54, 1.807) is 0 Å². The summed E-state index contributed by atoms with van der Waals surface area (Å²) in [7, 11) is 0. The minimum atomic E-state index is 0.593. The zero-order chi connectivity index (χ0) is 17.1. The number of hydrogen-bond acceptors (Lipinski definition) is 3. The van der Waals surface area contributed by atoms with Crippen molar-refractivity contribution in [3.8, 4) is 33.9 Å². The van der Waals surface area contributed by atoms with Gasteiger partial charge in [0.15, 0.2) is 5.82 Å². The molecule has 0 spiro atoms. The Hall–Kier alpha value is -3.04. The number of halogens is 1. The largest absolute Gasteiger partial charge is 0.224 e. The van der Waals surface area contributed by atoms with E-state index in [1.807, 2.05) is 84.9 Å². The monoisotopic (exact) mass is 343 g/mol. The Bertz CT molecular complexity index is 1000. The van der Waals surface area contributed by atoms with Gasteiger partial charge in [-0.25, -0.2) is 4.98 Å².